The van der Waals surface area contributed by atoms with Crippen LogP contribution in [0.15, 0.2) is 54.2 Å². The molecule has 2 heterocycles. The highest BCUT2D eigenvalue weighted by atomic mass is 16.7. The summed E-state index contributed by atoms with van der Waals surface area (Å²) >= 11 is 0. The molecule has 4 rings (SSSR count). The number of esters is 2. The van der Waals surface area contributed by atoms with Gasteiger partial charge in [0.25, 0.3) is 5.91 Å². The number of aryl methyl sites for hydroxylation is 1. The Kier molecular flexibility index (Phi) is 8.89. The number of hydrogen-bond acceptors (Lipinski definition) is 8. The number of benzene rings is 2. The highest BCUT2D eigenvalue weighted by molar-refractivity contribution is 6.29. The first-order chi connectivity index (χ1) is 19.0. The van der Waals surface area contributed by atoms with E-state index < -0.39 is 24.1 Å². The molecule has 2 aromatic rings. The SMILES string of the molecule is CC(C)(C)C(=O)OCOC(=O)CCc1ccc(C2=C(N3CCOCC3)CN(c3ccc(C(=N)N)cc3)C2=O)cc1. The van der Waals surface area contributed by atoms with Crippen LogP contribution in [0.3, 0.4) is 0 Å². The summed E-state index contributed by atoms with van der Waals surface area (Å²) in [5.74, 6) is -1.02. The van der Waals surface area contributed by atoms with Gasteiger partial charge in [-0.3, -0.25) is 19.8 Å². The Morgan fingerprint density at radius 2 is 1.65 bits per heavy atom. The van der Waals surface area contributed by atoms with Gasteiger partial charge in [-0.2, -0.15) is 0 Å². The molecule has 0 aromatic heterocycles. The van der Waals surface area contributed by atoms with E-state index >= 15 is 0 Å². The van der Waals surface area contributed by atoms with Gasteiger partial charge in [0.15, 0.2) is 0 Å². The van der Waals surface area contributed by atoms with E-state index in [1.807, 2.05) is 24.3 Å². The molecule has 0 atom stereocenters. The van der Waals surface area contributed by atoms with Gasteiger partial charge in [0.2, 0.25) is 6.79 Å². The molecule has 2 aliphatic heterocycles. The zero-order valence-corrected chi connectivity index (χ0v) is 23.2. The number of amidine groups is 1. The molecule has 0 aliphatic carbocycles. The Morgan fingerprint density at radius 1 is 1.00 bits per heavy atom. The van der Waals surface area contributed by atoms with Crippen LogP contribution in [0.1, 0.15) is 43.9 Å². The molecule has 3 N–H and O–H groups in total. The van der Waals surface area contributed by atoms with E-state index in [1.54, 1.807) is 49.9 Å². The van der Waals surface area contributed by atoms with Crippen LogP contribution in [-0.4, -0.2) is 68.2 Å². The van der Waals surface area contributed by atoms with Crippen LogP contribution in [-0.2, 0) is 35.0 Å². The van der Waals surface area contributed by atoms with Crippen molar-refractivity contribution in [3.8, 4) is 0 Å². The topological polar surface area (TPSA) is 135 Å². The van der Waals surface area contributed by atoms with Crippen LogP contribution in [0.4, 0.5) is 5.69 Å². The summed E-state index contributed by atoms with van der Waals surface area (Å²) in [6, 6.07) is 14.7. The molecular formula is C30H36N4O6. The predicted molar refractivity (Wildman–Crippen MR) is 150 cm³/mol. The summed E-state index contributed by atoms with van der Waals surface area (Å²) in [6.07, 6.45) is 0.585. The summed E-state index contributed by atoms with van der Waals surface area (Å²) in [5.41, 5.74) is 9.57. The number of rotatable bonds is 9. The monoisotopic (exact) mass is 548 g/mol. The quantitative estimate of drug-likeness (QED) is 0.211. The number of nitrogens with zero attached hydrogens (tertiary/aromatic N) is 2. The Bertz CT molecular complexity index is 1290. The van der Waals surface area contributed by atoms with Crippen molar-refractivity contribution >= 4 is 34.9 Å². The Morgan fingerprint density at radius 3 is 2.25 bits per heavy atom. The lowest BCUT2D eigenvalue weighted by atomic mass is 9.98. The van der Waals surface area contributed by atoms with Crippen LogP contribution >= 0.6 is 0 Å². The molecule has 1 amide bonds. The molecule has 212 valence electrons. The van der Waals surface area contributed by atoms with Gasteiger partial charge in [-0.05, 0) is 62.6 Å². The molecule has 0 unspecified atom stereocenters. The van der Waals surface area contributed by atoms with Crippen LogP contribution in [0.5, 0.6) is 0 Å². The molecule has 10 heteroatoms. The molecule has 2 aliphatic rings. The van der Waals surface area contributed by atoms with E-state index in [0.29, 0.717) is 50.4 Å². The molecule has 10 nitrogen and oxygen atoms in total. The number of ether oxygens (including phenoxy) is 3. The average molecular weight is 549 g/mol. The number of carbonyl (C=O) groups excluding carboxylic acids is 3. The van der Waals surface area contributed by atoms with Crippen molar-refractivity contribution in [1.82, 2.24) is 4.90 Å². The van der Waals surface area contributed by atoms with E-state index in [-0.39, 0.29) is 18.2 Å². The Labute approximate surface area is 234 Å². The van der Waals surface area contributed by atoms with E-state index in [9.17, 15) is 14.4 Å². The van der Waals surface area contributed by atoms with Crippen LogP contribution in [0.25, 0.3) is 5.57 Å². The first-order valence-corrected chi connectivity index (χ1v) is 13.3. The zero-order valence-electron chi connectivity index (χ0n) is 23.2. The number of nitrogen functional groups attached to an aromatic ring is 1. The average Bonchev–Trinajstić information content (AvgIpc) is 3.29. The molecule has 0 spiro atoms. The van der Waals surface area contributed by atoms with Gasteiger partial charge in [0, 0.05) is 36.5 Å². The van der Waals surface area contributed by atoms with Gasteiger partial charge in [0.05, 0.1) is 30.7 Å². The fourth-order valence-electron chi connectivity index (χ4n) is 4.49. The third kappa shape index (κ3) is 6.87. The van der Waals surface area contributed by atoms with Crippen molar-refractivity contribution in [3.05, 3.63) is 70.9 Å². The second-order valence-corrected chi connectivity index (χ2v) is 10.8. The standard InChI is InChI=1S/C30H36N4O6/c1-30(2,3)29(37)40-19-39-25(35)13-6-20-4-7-21(8-5-20)26-24(33-14-16-38-17-15-33)18-34(28(26)36)23-11-9-22(10-12-23)27(31)32/h4-5,7-12H,6,13-19H2,1-3H3,(H3,31,32). The number of hydrogen-bond donors (Lipinski definition) is 2. The Hall–Kier alpha value is -4.18. The number of anilines is 1. The lowest BCUT2D eigenvalue weighted by molar-refractivity contribution is -0.173. The normalized spacial score (nSPS) is 15.8. The molecule has 40 heavy (non-hydrogen) atoms. The maximum atomic E-state index is 13.7. The van der Waals surface area contributed by atoms with Gasteiger partial charge >= 0.3 is 11.9 Å². The second-order valence-electron chi connectivity index (χ2n) is 10.8. The van der Waals surface area contributed by atoms with E-state index in [4.69, 9.17) is 25.4 Å². The number of amides is 1. The number of morpholine rings is 1. The van der Waals surface area contributed by atoms with E-state index in [2.05, 4.69) is 4.90 Å². The first kappa shape index (κ1) is 28.8. The highest BCUT2D eigenvalue weighted by Crippen LogP contribution is 2.34. The molecular weight excluding hydrogens is 512 g/mol. The highest BCUT2D eigenvalue weighted by Gasteiger charge is 2.35. The third-order valence-corrected chi connectivity index (χ3v) is 6.82. The lowest BCUT2D eigenvalue weighted by Gasteiger charge is -2.30. The molecule has 0 radical (unpaired) electrons. The van der Waals surface area contributed by atoms with Crippen LogP contribution in [0.2, 0.25) is 0 Å². The van der Waals surface area contributed by atoms with Crippen molar-refractivity contribution in [2.24, 2.45) is 11.1 Å². The largest absolute Gasteiger partial charge is 0.428 e. The second kappa shape index (κ2) is 12.3. The van der Waals surface area contributed by atoms with Crippen molar-refractivity contribution < 1.29 is 28.6 Å². The molecule has 1 fully saturated rings. The summed E-state index contributed by atoms with van der Waals surface area (Å²) in [4.78, 5) is 41.6. The maximum Gasteiger partial charge on any atom is 0.314 e. The van der Waals surface area contributed by atoms with Gasteiger partial charge in [-0.25, -0.2) is 0 Å². The van der Waals surface area contributed by atoms with Crippen molar-refractivity contribution in [1.29, 1.82) is 5.41 Å². The van der Waals surface area contributed by atoms with Crippen LogP contribution in [0, 0.1) is 10.8 Å². The summed E-state index contributed by atoms with van der Waals surface area (Å²) in [7, 11) is 0. The smallest absolute Gasteiger partial charge is 0.314 e. The minimum atomic E-state index is -0.664. The van der Waals surface area contributed by atoms with Crippen molar-refractivity contribution in [2.45, 2.75) is 33.6 Å². The molecule has 2 aromatic carbocycles. The maximum absolute atomic E-state index is 13.7. The minimum Gasteiger partial charge on any atom is -0.428 e. The fraction of sp³-hybridized carbons (Fsp3) is 0.400. The third-order valence-electron chi connectivity index (χ3n) is 6.82. The molecule has 0 saturated carbocycles. The number of nitrogens with one attached hydrogen (secondary N) is 1. The predicted octanol–water partition coefficient (Wildman–Crippen LogP) is 3.08. The lowest BCUT2D eigenvalue weighted by Crippen LogP contribution is -2.37. The summed E-state index contributed by atoms with van der Waals surface area (Å²) in [6.45, 7) is 7.82. The van der Waals surface area contributed by atoms with Gasteiger partial charge in [-0.1, -0.05) is 24.3 Å². The van der Waals surface area contributed by atoms with E-state index in [0.717, 1.165) is 22.5 Å². The van der Waals surface area contributed by atoms with Gasteiger partial charge in [0.1, 0.15) is 5.84 Å². The number of carbonyl (C=O) groups is 3. The number of nitrogens with two attached hydrogens (primary N) is 1. The Balaban J connectivity index is 1.44. The van der Waals surface area contributed by atoms with Crippen LogP contribution < -0.4 is 10.6 Å². The van der Waals surface area contributed by atoms with Crippen molar-refractivity contribution in [3.63, 3.8) is 0 Å². The molecule has 1 saturated heterocycles. The first-order valence-electron chi connectivity index (χ1n) is 13.3. The van der Waals surface area contributed by atoms with E-state index in [1.165, 1.54) is 0 Å². The summed E-state index contributed by atoms with van der Waals surface area (Å²) in [5, 5.41) is 7.63. The van der Waals surface area contributed by atoms with Gasteiger partial charge < -0.3 is 29.7 Å². The minimum absolute atomic E-state index is 0.0237. The molecule has 0 bridgehead atoms. The van der Waals surface area contributed by atoms with Crippen molar-refractivity contribution in [2.75, 3.05) is 44.5 Å². The fourth-order valence-corrected chi connectivity index (χ4v) is 4.49. The zero-order chi connectivity index (χ0) is 28.9. The van der Waals surface area contributed by atoms with Gasteiger partial charge in [-0.15, -0.1) is 0 Å². The summed E-state index contributed by atoms with van der Waals surface area (Å²) < 4.78 is 15.5.